The van der Waals surface area contributed by atoms with Crippen molar-refractivity contribution in [3.8, 4) is 0 Å². The Kier molecular flexibility index (Phi) is 3.85. The first kappa shape index (κ1) is 16.8. The maximum atomic E-state index is 12.8. The predicted molar refractivity (Wildman–Crippen MR) is 88.1 cm³/mol. The molecule has 1 fully saturated rings. The van der Waals surface area contributed by atoms with Gasteiger partial charge in [-0.2, -0.15) is 4.31 Å². The molecule has 2 aromatic rings. The maximum Gasteiger partial charge on any atom is 0.329 e. The van der Waals surface area contributed by atoms with E-state index in [4.69, 9.17) is 5.73 Å². The molecular weight excluding hydrogens is 334 g/mol. The normalized spacial score (nSPS) is 22.3. The van der Waals surface area contributed by atoms with Crippen LogP contribution in [0.2, 0.25) is 0 Å². The summed E-state index contributed by atoms with van der Waals surface area (Å²) in [6.45, 7) is 3.05. The van der Waals surface area contributed by atoms with Crippen molar-refractivity contribution in [2.45, 2.75) is 18.2 Å². The Morgan fingerprint density at radius 3 is 2.75 bits per heavy atom. The number of rotatable bonds is 3. The summed E-state index contributed by atoms with van der Waals surface area (Å²) in [5, 5.41) is 0.0546. The third-order valence-corrected chi connectivity index (χ3v) is 6.39. The largest absolute Gasteiger partial charge is 0.330 e. The molecule has 0 aliphatic carbocycles. The van der Waals surface area contributed by atoms with E-state index in [0.29, 0.717) is 26.1 Å². The molecule has 0 saturated carbocycles. The minimum atomic E-state index is -3.78. The lowest BCUT2D eigenvalue weighted by Gasteiger charge is -2.22. The number of nitrogens with two attached hydrogens (primary N) is 1. The van der Waals surface area contributed by atoms with E-state index in [1.54, 1.807) is 0 Å². The van der Waals surface area contributed by atoms with Gasteiger partial charge in [-0.15, -0.1) is 0 Å². The number of hydrogen-bond donors (Lipinski definition) is 2. The molecular formula is C14H19N5O4S. The highest BCUT2D eigenvalue weighted by Crippen LogP contribution is 2.32. The quantitative estimate of drug-likeness (QED) is 0.726. The average Bonchev–Trinajstić information content (AvgIpc) is 2.96. The lowest BCUT2D eigenvalue weighted by atomic mass is 9.90. The van der Waals surface area contributed by atoms with Crippen molar-refractivity contribution in [1.82, 2.24) is 18.8 Å². The lowest BCUT2D eigenvalue weighted by Crippen LogP contribution is -2.35. The monoisotopic (exact) mass is 353 g/mol. The first-order chi connectivity index (χ1) is 11.2. The number of hydrogen-bond acceptors (Lipinski definition) is 6. The lowest BCUT2D eigenvalue weighted by molar-refractivity contribution is 0.349. The Bertz CT molecular complexity index is 1030. The third kappa shape index (κ3) is 2.56. The summed E-state index contributed by atoms with van der Waals surface area (Å²) in [5.74, 6) is 0. The molecule has 3 rings (SSSR count). The number of fused-ring (bicyclic) bond motifs is 1. The topological polar surface area (TPSA) is 131 Å². The number of pyridine rings is 1. The number of aryl methyl sites for hydroxylation is 1. The van der Waals surface area contributed by atoms with Crippen molar-refractivity contribution in [2.75, 3.05) is 19.6 Å². The zero-order valence-electron chi connectivity index (χ0n) is 13.4. The standard InChI is InChI=1S/C14H19N5O4S/c1-14(7-15)3-4-19(8-14)24(22,23)9-5-10-11(16-6-9)18(2)13(21)17-12(10)20/h5-6H,3-4,7-8,15H2,1-2H3,(H,17,20,21). The van der Waals surface area contributed by atoms with Gasteiger partial charge in [0.05, 0.1) is 5.39 Å². The van der Waals surface area contributed by atoms with Crippen molar-refractivity contribution in [3.63, 3.8) is 0 Å². The van der Waals surface area contributed by atoms with E-state index in [1.807, 2.05) is 6.92 Å². The fraction of sp³-hybridized carbons (Fsp3) is 0.500. The first-order valence-electron chi connectivity index (χ1n) is 7.47. The van der Waals surface area contributed by atoms with Crippen molar-refractivity contribution >= 4 is 21.1 Å². The van der Waals surface area contributed by atoms with Crippen LogP contribution in [0.1, 0.15) is 13.3 Å². The first-order valence-corrected chi connectivity index (χ1v) is 8.91. The van der Waals surface area contributed by atoms with Crippen LogP contribution < -0.4 is 17.0 Å². The summed E-state index contributed by atoms with van der Waals surface area (Å²) in [5.41, 5.74) is 4.35. The van der Waals surface area contributed by atoms with E-state index < -0.39 is 21.3 Å². The van der Waals surface area contributed by atoms with Gasteiger partial charge in [0.2, 0.25) is 10.0 Å². The number of nitrogens with one attached hydrogen (secondary N) is 1. The van der Waals surface area contributed by atoms with Gasteiger partial charge in [0.15, 0.2) is 0 Å². The molecule has 130 valence electrons. The molecule has 1 saturated heterocycles. The fourth-order valence-corrected chi connectivity index (χ4v) is 4.42. The van der Waals surface area contributed by atoms with E-state index in [0.717, 1.165) is 4.57 Å². The Morgan fingerprint density at radius 2 is 2.12 bits per heavy atom. The van der Waals surface area contributed by atoms with Gasteiger partial charge in [0, 0.05) is 26.3 Å². The van der Waals surface area contributed by atoms with Crippen LogP contribution in [0.25, 0.3) is 11.0 Å². The average molecular weight is 353 g/mol. The fourth-order valence-electron chi connectivity index (χ4n) is 2.86. The van der Waals surface area contributed by atoms with Crippen LogP contribution in [-0.4, -0.2) is 46.9 Å². The number of sulfonamides is 1. The highest BCUT2D eigenvalue weighted by atomic mass is 32.2. The molecule has 1 aliphatic heterocycles. The molecule has 3 N–H and O–H groups in total. The van der Waals surface area contributed by atoms with Crippen LogP contribution in [0.3, 0.4) is 0 Å². The predicted octanol–water partition coefficient (Wildman–Crippen LogP) is -1.02. The summed E-state index contributed by atoms with van der Waals surface area (Å²) in [4.78, 5) is 29.6. The Morgan fingerprint density at radius 1 is 1.42 bits per heavy atom. The molecule has 1 aliphatic rings. The van der Waals surface area contributed by atoms with E-state index in [2.05, 4.69) is 9.97 Å². The molecule has 9 nitrogen and oxygen atoms in total. The third-order valence-electron chi connectivity index (χ3n) is 4.58. The summed E-state index contributed by atoms with van der Waals surface area (Å²) in [6.07, 6.45) is 1.85. The van der Waals surface area contributed by atoms with Crippen LogP contribution in [0.15, 0.2) is 26.7 Å². The van der Waals surface area contributed by atoms with Crippen molar-refractivity contribution in [3.05, 3.63) is 33.1 Å². The Hall–Kier alpha value is -2.04. The molecule has 0 bridgehead atoms. The molecule has 10 heteroatoms. The molecule has 0 aromatic carbocycles. The molecule has 24 heavy (non-hydrogen) atoms. The molecule has 1 unspecified atom stereocenters. The smallest absolute Gasteiger partial charge is 0.329 e. The highest BCUT2D eigenvalue weighted by molar-refractivity contribution is 7.89. The zero-order chi connectivity index (χ0) is 17.7. The molecule has 1 atom stereocenters. The molecule has 0 radical (unpaired) electrons. The van der Waals surface area contributed by atoms with Crippen molar-refractivity contribution in [2.24, 2.45) is 18.2 Å². The minimum Gasteiger partial charge on any atom is -0.330 e. The molecule has 2 aromatic heterocycles. The molecule has 0 spiro atoms. The zero-order valence-corrected chi connectivity index (χ0v) is 14.3. The second-order valence-corrected chi connectivity index (χ2v) is 8.40. The second kappa shape index (κ2) is 5.50. The van der Waals surface area contributed by atoms with Crippen LogP contribution in [-0.2, 0) is 17.1 Å². The van der Waals surface area contributed by atoms with Crippen LogP contribution in [0.4, 0.5) is 0 Å². The van der Waals surface area contributed by atoms with Crippen molar-refractivity contribution < 1.29 is 8.42 Å². The summed E-state index contributed by atoms with van der Waals surface area (Å²) < 4.78 is 28.1. The van der Waals surface area contributed by atoms with E-state index in [9.17, 15) is 18.0 Å². The van der Waals surface area contributed by atoms with Gasteiger partial charge in [0.25, 0.3) is 5.56 Å². The summed E-state index contributed by atoms with van der Waals surface area (Å²) >= 11 is 0. The Labute approximate surface area is 138 Å². The van der Waals surface area contributed by atoms with Crippen molar-refractivity contribution in [1.29, 1.82) is 0 Å². The van der Waals surface area contributed by atoms with Gasteiger partial charge in [-0.1, -0.05) is 6.92 Å². The SMILES string of the molecule is Cn1c(=O)[nH]c(=O)c2cc(S(=O)(=O)N3CCC(C)(CN)C3)cnc21. The van der Waals surface area contributed by atoms with Gasteiger partial charge >= 0.3 is 5.69 Å². The molecule has 0 amide bonds. The van der Waals surface area contributed by atoms with Gasteiger partial charge in [-0.05, 0) is 24.4 Å². The number of nitrogens with zero attached hydrogens (tertiary/aromatic N) is 3. The summed E-state index contributed by atoms with van der Waals surface area (Å²) in [7, 11) is -2.32. The van der Waals surface area contributed by atoms with E-state index in [1.165, 1.54) is 23.6 Å². The van der Waals surface area contributed by atoms with Gasteiger partial charge in [-0.25, -0.2) is 18.2 Å². The maximum absolute atomic E-state index is 12.8. The number of H-pyrrole nitrogens is 1. The van der Waals surface area contributed by atoms with Crippen LogP contribution in [0, 0.1) is 5.41 Å². The van der Waals surface area contributed by atoms with E-state index >= 15 is 0 Å². The van der Waals surface area contributed by atoms with Gasteiger partial charge in [0.1, 0.15) is 10.5 Å². The second-order valence-electron chi connectivity index (χ2n) is 6.46. The van der Waals surface area contributed by atoms with Gasteiger partial charge < -0.3 is 5.73 Å². The summed E-state index contributed by atoms with van der Waals surface area (Å²) in [6, 6.07) is 1.26. The number of aromatic nitrogens is 3. The number of aromatic amines is 1. The minimum absolute atomic E-state index is 0.0546. The van der Waals surface area contributed by atoms with E-state index in [-0.39, 0.29) is 21.3 Å². The molecule has 3 heterocycles. The van der Waals surface area contributed by atoms with Gasteiger partial charge in [-0.3, -0.25) is 14.3 Å². The van der Waals surface area contributed by atoms with Crippen LogP contribution in [0.5, 0.6) is 0 Å². The highest BCUT2D eigenvalue weighted by Gasteiger charge is 2.39. The van der Waals surface area contributed by atoms with Crippen LogP contribution >= 0.6 is 0 Å². The Balaban J connectivity index is 2.10.